The summed E-state index contributed by atoms with van der Waals surface area (Å²) in [5.41, 5.74) is 2.33. The number of anilines is 2. The van der Waals surface area contributed by atoms with Crippen LogP contribution in [0.4, 0.5) is 11.4 Å². The molecule has 0 aliphatic heterocycles. The van der Waals surface area contributed by atoms with Crippen LogP contribution in [0.1, 0.15) is 33.6 Å². The Bertz CT molecular complexity index is 293. The predicted octanol–water partition coefficient (Wildman–Crippen LogP) is 3.14. The molecule has 0 saturated carbocycles. The minimum atomic E-state index is 0.937. The molecule has 0 aliphatic rings. The van der Waals surface area contributed by atoms with E-state index in [4.69, 9.17) is 0 Å². The first-order valence-corrected chi connectivity index (χ1v) is 6.25. The van der Waals surface area contributed by atoms with Gasteiger partial charge < -0.3 is 10.2 Å². The van der Waals surface area contributed by atoms with Crippen LogP contribution in [0.5, 0.6) is 0 Å². The molecule has 0 aromatic carbocycles. The van der Waals surface area contributed by atoms with Crippen molar-refractivity contribution in [2.45, 2.75) is 33.6 Å². The minimum Gasteiger partial charge on any atom is -0.384 e. The number of hydrogen-bond acceptors (Lipinski definition) is 3. The van der Waals surface area contributed by atoms with Crippen LogP contribution < -0.4 is 10.2 Å². The average Bonchev–Trinajstić information content (AvgIpc) is 2.30. The van der Waals surface area contributed by atoms with Crippen molar-refractivity contribution in [3.05, 3.63) is 18.5 Å². The number of hydrogen-bond donors (Lipinski definition) is 1. The van der Waals surface area contributed by atoms with Crippen molar-refractivity contribution in [1.82, 2.24) is 4.98 Å². The first-order valence-electron chi connectivity index (χ1n) is 6.25. The van der Waals surface area contributed by atoms with E-state index < -0.39 is 0 Å². The van der Waals surface area contributed by atoms with E-state index in [1.165, 1.54) is 18.5 Å². The molecule has 0 aliphatic carbocycles. The highest BCUT2D eigenvalue weighted by atomic mass is 15.1. The standard InChI is InChI=1S/C13H23N3/c1-4-7-16(8-5-2)13-9-12(15-6-3)10-14-11-13/h9-11,15H,4-8H2,1-3H3. The minimum absolute atomic E-state index is 0.937. The Balaban J connectivity index is 2.77. The summed E-state index contributed by atoms with van der Waals surface area (Å²) in [7, 11) is 0. The normalized spacial score (nSPS) is 10.2. The molecule has 0 saturated heterocycles. The zero-order valence-corrected chi connectivity index (χ0v) is 10.7. The lowest BCUT2D eigenvalue weighted by molar-refractivity contribution is 0.743. The maximum Gasteiger partial charge on any atom is 0.0573 e. The summed E-state index contributed by atoms with van der Waals surface area (Å²) in [5, 5.41) is 3.30. The molecule has 0 atom stereocenters. The first kappa shape index (κ1) is 12.8. The zero-order valence-electron chi connectivity index (χ0n) is 10.7. The molecule has 0 radical (unpaired) electrons. The Kier molecular flexibility index (Phi) is 5.68. The van der Waals surface area contributed by atoms with Crippen molar-refractivity contribution in [2.75, 3.05) is 29.9 Å². The van der Waals surface area contributed by atoms with E-state index in [0.29, 0.717) is 0 Å². The van der Waals surface area contributed by atoms with Gasteiger partial charge in [0.2, 0.25) is 0 Å². The molecule has 0 amide bonds. The third kappa shape index (κ3) is 3.72. The summed E-state index contributed by atoms with van der Waals surface area (Å²) in [5.74, 6) is 0. The highest BCUT2D eigenvalue weighted by molar-refractivity contribution is 5.55. The van der Waals surface area contributed by atoms with Crippen molar-refractivity contribution >= 4 is 11.4 Å². The molecule has 0 unspecified atom stereocenters. The van der Waals surface area contributed by atoms with E-state index in [1.54, 1.807) is 0 Å². The lowest BCUT2D eigenvalue weighted by Crippen LogP contribution is -2.25. The molecule has 0 fully saturated rings. The molecule has 1 aromatic rings. The van der Waals surface area contributed by atoms with Gasteiger partial charge in [0.25, 0.3) is 0 Å². The van der Waals surface area contributed by atoms with Gasteiger partial charge in [0, 0.05) is 19.6 Å². The van der Waals surface area contributed by atoms with Gasteiger partial charge in [0.05, 0.1) is 23.8 Å². The van der Waals surface area contributed by atoms with Gasteiger partial charge >= 0.3 is 0 Å². The summed E-state index contributed by atoms with van der Waals surface area (Å²) < 4.78 is 0. The van der Waals surface area contributed by atoms with E-state index in [1.807, 2.05) is 12.4 Å². The van der Waals surface area contributed by atoms with Crippen LogP contribution in [0.15, 0.2) is 18.5 Å². The van der Waals surface area contributed by atoms with Crippen LogP contribution in [0.25, 0.3) is 0 Å². The largest absolute Gasteiger partial charge is 0.384 e. The molecule has 1 rings (SSSR count). The summed E-state index contributed by atoms with van der Waals surface area (Å²) in [6, 6.07) is 2.18. The van der Waals surface area contributed by atoms with Gasteiger partial charge in [0.1, 0.15) is 0 Å². The smallest absolute Gasteiger partial charge is 0.0573 e. The van der Waals surface area contributed by atoms with E-state index in [0.717, 1.165) is 25.3 Å². The molecule has 1 heterocycles. The van der Waals surface area contributed by atoms with Crippen LogP contribution in [-0.2, 0) is 0 Å². The number of aromatic nitrogens is 1. The van der Waals surface area contributed by atoms with Crippen LogP contribution in [0.2, 0.25) is 0 Å². The third-order valence-corrected chi connectivity index (χ3v) is 2.46. The Morgan fingerprint density at radius 1 is 1.12 bits per heavy atom. The van der Waals surface area contributed by atoms with Gasteiger partial charge in [0.15, 0.2) is 0 Å². The lowest BCUT2D eigenvalue weighted by atomic mass is 10.3. The maximum absolute atomic E-state index is 4.28. The second-order valence-corrected chi connectivity index (χ2v) is 3.95. The van der Waals surface area contributed by atoms with Gasteiger partial charge in [-0.2, -0.15) is 0 Å². The van der Waals surface area contributed by atoms with E-state index in [2.05, 4.69) is 42.0 Å². The number of pyridine rings is 1. The zero-order chi connectivity index (χ0) is 11.8. The second-order valence-electron chi connectivity index (χ2n) is 3.95. The Hall–Kier alpha value is -1.25. The maximum atomic E-state index is 4.28. The first-order chi connectivity index (χ1) is 7.81. The SMILES string of the molecule is CCCN(CCC)c1cncc(NCC)c1. The van der Waals surface area contributed by atoms with Crippen LogP contribution >= 0.6 is 0 Å². The summed E-state index contributed by atoms with van der Waals surface area (Å²) in [6.45, 7) is 9.67. The van der Waals surface area contributed by atoms with Crippen molar-refractivity contribution < 1.29 is 0 Å². The van der Waals surface area contributed by atoms with Gasteiger partial charge in [-0.25, -0.2) is 0 Å². The van der Waals surface area contributed by atoms with Crippen molar-refractivity contribution in [3.63, 3.8) is 0 Å². The average molecular weight is 221 g/mol. The second kappa shape index (κ2) is 7.09. The summed E-state index contributed by atoms with van der Waals surface area (Å²) in [4.78, 5) is 6.68. The molecule has 3 heteroatoms. The van der Waals surface area contributed by atoms with Crippen molar-refractivity contribution in [1.29, 1.82) is 0 Å². The highest BCUT2D eigenvalue weighted by Crippen LogP contribution is 2.18. The predicted molar refractivity (Wildman–Crippen MR) is 71.2 cm³/mol. The van der Waals surface area contributed by atoms with Gasteiger partial charge in [-0.15, -0.1) is 0 Å². The van der Waals surface area contributed by atoms with Crippen molar-refractivity contribution in [2.24, 2.45) is 0 Å². The van der Waals surface area contributed by atoms with E-state index in [9.17, 15) is 0 Å². The summed E-state index contributed by atoms with van der Waals surface area (Å²) >= 11 is 0. The number of rotatable bonds is 7. The van der Waals surface area contributed by atoms with Crippen molar-refractivity contribution in [3.8, 4) is 0 Å². The summed E-state index contributed by atoms with van der Waals surface area (Å²) in [6.07, 6.45) is 6.17. The molecular formula is C13H23N3. The lowest BCUT2D eigenvalue weighted by Gasteiger charge is -2.23. The fourth-order valence-electron chi connectivity index (χ4n) is 1.81. The molecule has 0 spiro atoms. The Labute approximate surface area is 98.9 Å². The highest BCUT2D eigenvalue weighted by Gasteiger charge is 2.05. The van der Waals surface area contributed by atoms with E-state index in [-0.39, 0.29) is 0 Å². The molecule has 1 N–H and O–H groups in total. The molecule has 16 heavy (non-hydrogen) atoms. The number of nitrogens with one attached hydrogen (secondary N) is 1. The van der Waals surface area contributed by atoms with E-state index >= 15 is 0 Å². The molecule has 0 bridgehead atoms. The molecule has 3 nitrogen and oxygen atoms in total. The van der Waals surface area contributed by atoms with Crippen LogP contribution in [0, 0.1) is 0 Å². The monoisotopic (exact) mass is 221 g/mol. The Morgan fingerprint density at radius 2 is 1.81 bits per heavy atom. The molecule has 90 valence electrons. The topological polar surface area (TPSA) is 28.2 Å². The molecule has 1 aromatic heterocycles. The van der Waals surface area contributed by atoms with Gasteiger partial charge in [-0.05, 0) is 25.8 Å². The fraction of sp³-hybridized carbons (Fsp3) is 0.615. The third-order valence-electron chi connectivity index (χ3n) is 2.46. The fourth-order valence-corrected chi connectivity index (χ4v) is 1.81. The quantitative estimate of drug-likeness (QED) is 0.766. The van der Waals surface area contributed by atoms with Crippen LogP contribution in [0.3, 0.4) is 0 Å². The Morgan fingerprint density at radius 3 is 2.38 bits per heavy atom. The van der Waals surface area contributed by atoms with Gasteiger partial charge in [-0.1, -0.05) is 13.8 Å². The van der Waals surface area contributed by atoms with Gasteiger partial charge in [-0.3, -0.25) is 4.98 Å². The molecular weight excluding hydrogens is 198 g/mol. The van der Waals surface area contributed by atoms with Crippen LogP contribution in [-0.4, -0.2) is 24.6 Å². The number of nitrogens with zero attached hydrogens (tertiary/aromatic N) is 2.